The summed E-state index contributed by atoms with van der Waals surface area (Å²) >= 11 is 0. The van der Waals surface area contributed by atoms with Crippen molar-refractivity contribution < 1.29 is 98.1 Å². The van der Waals surface area contributed by atoms with Crippen molar-refractivity contribution in [1.82, 2.24) is 0 Å². The van der Waals surface area contributed by atoms with Crippen LogP contribution in [0.3, 0.4) is 0 Å². The van der Waals surface area contributed by atoms with Gasteiger partial charge in [0, 0.05) is 72.3 Å². The van der Waals surface area contributed by atoms with Gasteiger partial charge in [0.05, 0.1) is 0 Å². The minimum absolute atomic E-state index is 0. The topological polar surface area (TPSA) is 31.5 Å². The van der Waals surface area contributed by atoms with Crippen LogP contribution in [0.2, 0.25) is 0 Å². The SMILES string of the molecule is O.[Cu].[H-].[Li+].[Mn].[Ni].[Ti]. The van der Waals surface area contributed by atoms with Gasteiger partial charge >= 0.3 is 18.9 Å². The fraction of sp³-hybridized carbons (Fsp3) is 0. The predicted octanol–water partition coefficient (Wildman–Crippen LogP) is -3.72. The Morgan fingerprint density at radius 2 is 1.17 bits per heavy atom. The summed E-state index contributed by atoms with van der Waals surface area (Å²) in [4.78, 5) is 0. The molecule has 0 rings (SSSR count). The molecule has 2 N–H and O–H groups in total. The van der Waals surface area contributed by atoms with Crippen molar-refractivity contribution in [1.29, 1.82) is 0 Å². The molecule has 6 heteroatoms. The molecule has 1 nitrogen and oxygen atoms in total. The van der Waals surface area contributed by atoms with Crippen LogP contribution in [0.25, 0.3) is 0 Å². The second kappa shape index (κ2) is 45.9. The summed E-state index contributed by atoms with van der Waals surface area (Å²) in [5.74, 6) is 0. The maximum absolute atomic E-state index is 0. The van der Waals surface area contributed by atoms with Crippen molar-refractivity contribution in [2.45, 2.75) is 0 Å². The largest absolute Gasteiger partial charge is 1.00 e. The minimum atomic E-state index is 0. The van der Waals surface area contributed by atoms with Gasteiger partial charge in [0.15, 0.2) is 0 Å². The van der Waals surface area contributed by atoms with Crippen molar-refractivity contribution in [3.8, 4) is 0 Å². The second-order valence-corrected chi connectivity index (χ2v) is 0. The van der Waals surface area contributed by atoms with Crippen LogP contribution in [0.15, 0.2) is 0 Å². The van der Waals surface area contributed by atoms with Crippen molar-refractivity contribution in [2.75, 3.05) is 0 Å². The first-order valence-electron chi connectivity index (χ1n) is 0. The average Bonchev–Trinajstić information content (AvgIpc) is 0. The van der Waals surface area contributed by atoms with Gasteiger partial charge in [-0.05, 0) is 0 Å². The maximum atomic E-state index is 0. The van der Waals surface area contributed by atoms with E-state index in [1.807, 2.05) is 0 Å². The van der Waals surface area contributed by atoms with Gasteiger partial charge in [-0.25, -0.2) is 0 Å². The molecule has 0 unspecified atom stereocenters. The van der Waals surface area contributed by atoms with Crippen LogP contribution in [0.5, 0.6) is 0 Å². The Morgan fingerprint density at radius 3 is 1.17 bits per heavy atom. The molecule has 0 aliphatic heterocycles. The third kappa shape index (κ3) is 29.2. The molecule has 0 atom stereocenters. The van der Waals surface area contributed by atoms with Crippen LogP contribution in [0, 0.1) is 0 Å². The first-order valence-corrected chi connectivity index (χ1v) is 0. The molecule has 0 aliphatic rings. The molecule has 0 amide bonds. The molecular formula is H3CuLiMnNiOTi. The third-order valence-corrected chi connectivity index (χ3v) is 0. The fourth-order valence-electron chi connectivity index (χ4n) is 0. The molecule has 6 heavy (non-hydrogen) atoms. The van der Waals surface area contributed by atoms with E-state index in [1.54, 1.807) is 0 Å². The number of rotatable bonds is 0. The van der Waals surface area contributed by atoms with E-state index in [4.69, 9.17) is 0 Å². The van der Waals surface area contributed by atoms with Crippen molar-refractivity contribution >= 4 is 0 Å². The van der Waals surface area contributed by atoms with E-state index in [0.717, 1.165) is 0 Å². The van der Waals surface area contributed by atoms with Gasteiger partial charge in [-0.2, -0.15) is 0 Å². The quantitative estimate of drug-likeness (QED) is 0.397. The standard InChI is InChI=1S/Cu.Li.Mn.Ni.H2O.Ti.H/h;;;;1H2;;/q;+1;;;;;-1. The summed E-state index contributed by atoms with van der Waals surface area (Å²) in [6.07, 6.45) is 0. The second-order valence-electron chi connectivity index (χ2n) is 0. The van der Waals surface area contributed by atoms with E-state index in [9.17, 15) is 0 Å². The molecule has 0 saturated carbocycles. The molecule has 0 aromatic rings. The summed E-state index contributed by atoms with van der Waals surface area (Å²) in [6.45, 7) is 0. The summed E-state index contributed by atoms with van der Waals surface area (Å²) < 4.78 is 0. The number of hydrogen-bond donors (Lipinski definition) is 0. The summed E-state index contributed by atoms with van der Waals surface area (Å²) in [5, 5.41) is 0. The fourth-order valence-corrected chi connectivity index (χ4v) is 0. The van der Waals surface area contributed by atoms with E-state index >= 15 is 0 Å². The first kappa shape index (κ1) is 68.2. The van der Waals surface area contributed by atoms with Gasteiger partial charge in [0.2, 0.25) is 0 Å². The van der Waals surface area contributed by atoms with E-state index in [1.165, 1.54) is 0 Å². The Balaban J connectivity index is 0. The van der Waals surface area contributed by atoms with Gasteiger partial charge in [-0.1, -0.05) is 0 Å². The normalized spacial score (nSPS) is 0. The molecule has 2 radical (unpaired) electrons. The van der Waals surface area contributed by atoms with Crippen LogP contribution < -0.4 is 18.9 Å². The molecule has 0 aromatic carbocycles. The zero-order valence-electron chi connectivity index (χ0n) is 4.00. The van der Waals surface area contributed by atoms with Crippen molar-refractivity contribution in [2.24, 2.45) is 0 Å². The van der Waals surface area contributed by atoms with Crippen LogP contribution in [-0.4, -0.2) is 5.48 Å². The molecule has 0 spiro atoms. The van der Waals surface area contributed by atoms with Gasteiger partial charge in [0.1, 0.15) is 0 Å². The van der Waals surface area contributed by atoms with Gasteiger partial charge in [-0.15, -0.1) is 0 Å². The third-order valence-electron chi connectivity index (χ3n) is 0. The van der Waals surface area contributed by atoms with Crippen LogP contribution >= 0.6 is 0 Å². The summed E-state index contributed by atoms with van der Waals surface area (Å²) in [7, 11) is 0. The van der Waals surface area contributed by atoms with Gasteiger partial charge < -0.3 is 6.90 Å². The molecule has 0 bridgehead atoms. The van der Waals surface area contributed by atoms with Gasteiger partial charge in [-0.3, -0.25) is 0 Å². The molecule has 0 aromatic heterocycles. The predicted molar refractivity (Wildman–Crippen MR) is 4.73 cm³/mol. The smallest absolute Gasteiger partial charge is 1.00 e. The van der Waals surface area contributed by atoms with E-state index in [-0.39, 0.29) is 98.1 Å². The Hall–Kier alpha value is 2.80. The zero-order valence-corrected chi connectivity index (χ0v) is 7.67. The maximum Gasteiger partial charge on any atom is 1.00 e. The Labute approximate surface area is 96.9 Å². The molecule has 0 saturated heterocycles. The van der Waals surface area contributed by atoms with E-state index in [2.05, 4.69) is 0 Å². The summed E-state index contributed by atoms with van der Waals surface area (Å²) in [6, 6.07) is 0. The summed E-state index contributed by atoms with van der Waals surface area (Å²) in [5.41, 5.74) is 0. The Morgan fingerprint density at radius 1 is 1.17 bits per heavy atom. The average molecular weight is 251 g/mol. The first-order chi connectivity index (χ1) is 0. The monoisotopic (exact) mass is 250 g/mol. The van der Waals surface area contributed by atoms with Crippen molar-refractivity contribution in [3.63, 3.8) is 0 Å². The van der Waals surface area contributed by atoms with E-state index < -0.39 is 0 Å². The molecular weight excluding hydrogens is 248 g/mol. The van der Waals surface area contributed by atoms with Crippen LogP contribution in [-0.2, 0) is 72.3 Å². The Bertz CT molecular complexity index is 19.7. The number of hydrogen-bond acceptors (Lipinski definition) is 0. The minimum Gasteiger partial charge on any atom is -1.00 e. The molecule has 42 valence electrons. The van der Waals surface area contributed by atoms with Crippen LogP contribution in [0.4, 0.5) is 0 Å². The van der Waals surface area contributed by atoms with Crippen molar-refractivity contribution in [3.05, 3.63) is 0 Å². The van der Waals surface area contributed by atoms with Crippen LogP contribution in [0.1, 0.15) is 1.43 Å². The zero-order chi connectivity index (χ0) is 0. The van der Waals surface area contributed by atoms with Gasteiger partial charge in [0.25, 0.3) is 0 Å². The van der Waals surface area contributed by atoms with E-state index in [0.29, 0.717) is 0 Å². The Kier molecular flexibility index (Phi) is 522. The molecule has 0 fully saturated rings. The molecule has 0 aliphatic carbocycles. The molecule has 0 heterocycles.